The molecule has 2 aliphatic heterocycles. The molecule has 0 bridgehead atoms. The quantitative estimate of drug-likeness (QED) is 0.372. The summed E-state index contributed by atoms with van der Waals surface area (Å²) < 4.78 is 10.0. The van der Waals surface area contributed by atoms with E-state index >= 15 is 0 Å². The number of piperidine rings is 1. The second kappa shape index (κ2) is 12.6. The van der Waals surface area contributed by atoms with Crippen LogP contribution >= 0.6 is 0 Å². The summed E-state index contributed by atoms with van der Waals surface area (Å²) in [6.07, 6.45) is 3.36. The number of likely N-dealkylation sites (tertiary alicyclic amines) is 1. The Hall–Kier alpha value is -3.33. The minimum absolute atomic E-state index is 0.301. The van der Waals surface area contributed by atoms with Gasteiger partial charge in [0, 0.05) is 23.6 Å². The van der Waals surface area contributed by atoms with E-state index in [1.54, 1.807) is 32.0 Å². The van der Waals surface area contributed by atoms with Crippen molar-refractivity contribution in [3.05, 3.63) is 52.4 Å². The average Bonchev–Trinajstić information content (AvgIpc) is 2.86. The van der Waals surface area contributed by atoms with E-state index in [0.717, 1.165) is 32.0 Å². The van der Waals surface area contributed by atoms with E-state index in [4.69, 9.17) is 9.47 Å². The van der Waals surface area contributed by atoms with Crippen LogP contribution in [0, 0.1) is 5.92 Å². The molecule has 9 nitrogen and oxygen atoms in total. The molecule has 3 N–H and O–H groups in total. The second-order valence-electron chi connectivity index (χ2n) is 9.50. The number of urea groups is 1. The molecule has 0 saturated carbocycles. The Balaban J connectivity index is 1.70. The van der Waals surface area contributed by atoms with Crippen LogP contribution in [0.2, 0.25) is 0 Å². The number of carbonyl (C=O) groups is 3. The fraction of sp³-hybridized carbons (Fsp3) is 0.519. The van der Waals surface area contributed by atoms with E-state index in [1.165, 1.54) is 27.1 Å². The summed E-state index contributed by atoms with van der Waals surface area (Å²) >= 11 is 0. The Morgan fingerprint density at radius 2 is 1.64 bits per heavy atom. The van der Waals surface area contributed by atoms with E-state index in [0.29, 0.717) is 40.3 Å². The number of nitrogens with zero attached hydrogens (tertiary/aromatic N) is 1. The van der Waals surface area contributed by atoms with Gasteiger partial charge in [-0.05, 0) is 76.4 Å². The lowest BCUT2D eigenvalue weighted by Gasteiger charge is -2.30. The zero-order valence-corrected chi connectivity index (χ0v) is 21.9. The van der Waals surface area contributed by atoms with Crippen LogP contribution in [-0.2, 0) is 19.1 Å². The van der Waals surface area contributed by atoms with E-state index in [2.05, 4.69) is 27.8 Å². The highest BCUT2D eigenvalue weighted by Gasteiger charge is 2.37. The van der Waals surface area contributed by atoms with Crippen molar-refractivity contribution in [1.82, 2.24) is 15.5 Å². The van der Waals surface area contributed by atoms with Crippen LogP contribution in [0.1, 0.15) is 51.5 Å². The lowest BCUT2D eigenvalue weighted by molar-refractivity contribution is -0.137. The fourth-order valence-electron chi connectivity index (χ4n) is 4.85. The number of esters is 2. The first-order valence-corrected chi connectivity index (χ1v) is 12.5. The number of nitrogens with one attached hydrogen (secondary N) is 3. The first-order chi connectivity index (χ1) is 17.2. The molecule has 196 valence electrons. The number of hydrogen-bond donors (Lipinski definition) is 3. The maximum Gasteiger partial charge on any atom is 0.336 e. The van der Waals surface area contributed by atoms with Crippen molar-refractivity contribution in [1.29, 1.82) is 0 Å². The highest BCUT2D eigenvalue weighted by molar-refractivity contribution is 6.00. The van der Waals surface area contributed by atoms with Gasteiger partial charge < -0.3 is 30.3 Å². The molecular weight excluding hydrogens is 460 g/mol. The zero-order chi connectivity index (χ0) is 26.2. The Bertz CT molecular complexity index is 1000. The second-order valence-corrected chi connectivity index (χ2v) is 9.50. The van der Waals surface area contributed by atoms with E-state index in [1.807, 2.05) is 6.07 Å². The van der Waals surface area contributed by atoms with Crippen LogP contribution in [0.5, 0.6) is 0 Å². The number of allylic oxidation sites excluding steroid dienone is 2. The van der Waals surface area contributed by atoms with Crippen molar-refractivity contribution in [3.63, 3.8) is 0 Å². The van der Waals surface area contributed by atoms with E-state index in [-0.39, 0.29) is 6.03 Å². The van der Waals surface area contributed by atoms with Crippen LogP contribution < -0.4 is 16.0 Å². The Kier molecular flexibility index (Phi) is 9.52. The lowest BCUT2D eigenvalue weighted by atomic mass is 9.80. The number of carbonyl (C=O) groups excluding carboxylic acids is 3. The standard InChI is InChI=1S/C27H38N4O5/c1-17-10-14-31(15-11-17)13-7-12-28-27(34)30-21-9-6-8-20(16-21)24-22(25(32)35-4)18(2)29-19(3)23(24)26(33)36-5/h6,8-9,16-17,24,29H,7,10-15H2,1-5H3,(H2,28,30,34). The van der Waals surface area contributed by atoms with Gasteiger partial charge in [0.15, 0.2) is 0 Å². The van der Waals surface area contributed by atoms with Gasteiger partial charge in [-0.2, -0.15) is 0 Å². The van der Waals surface area contributed by atoms with E-state index in [9.17, 15) is 14.4 Å². The molecule has 0 unspecified atom stereocenters. The molecule has 2 amide bonds. The molecule has 1 aromatic carbocycles. The number of benzene rings is 1. The molecule has 0 atom stereocenters. The van der Waals surface area contributed by atoms with Gasteiger partial charge in [0.25, 0.3) is 0 Å². The first kappa shape index (κ1) is 27.3. The molecule has 9 heteroatoms. The molecule has 1 aromatic rings. The summed E-state index contributed by atoms with van der Waals surface area (Å²) in [4.78, 5) is 40.3. The van der Waals surface area contributed by atoms with Gasteiger partial charge >= 0.3 is 18.0 Å². The van der Waals surface area contributed by atoms with Gasteiger partial charge in [-0.25, -0.2) is 14.4 Å². The molecule has 0 aliphatic carbocycles. The Morgan fingerprint density at radius 3 is 2.22 bits per heavy atom. The van der Waals surface area contributed by atoms with Gasteiger partial charge in [0.2, 0.25) is 0 Å². The van der Waals surface area contributed by atoms with Crippen LogP contribution in [0.25, 0.3) is 0 Å². The van der Waals surface area contributed by atoms with Crippen molar-refractivity contribution in [2.24, 2.45) is 5.92 Å². The molecule has 3 rings (SSSR count). The van der Waals surface area contributed by atoms with Gasteiger partial charge in [0.05, 0.1) is 31.3 Å². The van der Waals surface area contributed by atoms with Gasteiger partial charge in [-0.3, -0.25) is 0 Å². The molecule has 2 heterocycles. The maximum atomic E-state index is 12.7. The smallest absolute Gasteiger partial charge is 0.336 e. The van der Waals surface area contributed by atoms with Crippen LogP contribution in [0.15, 0.2) is 46.8 Å². The summed E-state index contributed by atoms with van der Waals surface area (Å²) in [7, 11) is 2.60. The molecular formula is C27H38N4O5. The number of ether oxygens (including phenoxy) is 2. The van der Waals surface area contributed by atoms with Crippen LogP contribution in [0.4, 0.5) is 10.5 Å². The molecule has 36 heavy (non-hydrogen) atoms. The molecule has 2 aliphatic rings. The van der Waals surface area contributed by atoms with Gasteiger partial charge in [-0.1, -0.05) is 19.1 Å². The Morgan fingerprint density at radius 1 is 1.03 bits per heavy atom. The summed E-state index contributed by atoms with van der Waals surface area (Å²) in [6, 6.07) is 6.81. The number of anilines is 1. The first-order valence-electron chi connectivity index (χ1n) is 12.5. The van der Waals surface area contributed by atoms with Crippen LogP contribution in [-0.4, -0.2) is 63.3 Å². The zero-order valence-electron chi connectivity index (χ0n) is 21.9. The highest BCUT2D eigenvalue weighted by Crippen LogP contribution is 2.39. The third kappa shape index (κ3) is 6.66. The average molecular weight is 499 g/mol. The SMILES string of the molecule is COC(=O)C1=C(C)NC(C)=C(C(=O)OC)C1c1cccc(NC(=O)NCCCN2CCC(C)CC2)c1. The minimum Gasteiger partial charge on any atom is -0.466 e. The molecule has 0 aromatic heterocycles. The fourth-order valence-corrected chi connectivity index (χ4v) is 4.85. The number of rotatable bonds is 8. The molecule has 0 spiro atoms. The van der Waals surface area contributed by atoms with Gasteiger partial charge in [0.1, 0.15) is 0 Å². The molecule has 1 fully saturated rings. The minimum atomic E-state index is -0.705. The maximum absolute atomic E-state index is 12.7. The largest absolute Gasteiger partial charge is 0.466 e. The highest BCUT2D eigenvalue weighted by atomic mass is 16.5. The third-order valence-electron chi connectivity index (χ3n) is 6.86. The summed E-state index contributed by atoms with van der Waals surface area (Å²) in [6.45, 7) is 9.62. The number of dihydropyridines is 1. The van der Waals surface area contributed by atoms with Crippen molar-refractivity contribution in [2.75, 3.05) is 45.7 Å². The Labute approximate surface area is 213 Å². The lowest BCUT2D eigenvalue weighted by Crippen LogP contribution is -2.36. The number of methoxy groups -OCH3 is 2. The van der Waals surface area contributed by atoms with Crippen LogP contribution in [0.3, 0.4) is 0 Å². The number of hydrogen-bond acceptors (Lipinski definition) is 7. The van der Waals surface area contributed by atoms with Crippen molar-refractivity contribution in [3.8, 4) is 0 Å². The molecule has 0 radical (unpaired) electrons. The predicted octanol–water partition coefficient (Wildman–Crippen LogP) is 3.51. The van der Waals surface area contributed by atoms with Gasteiger partial charge in [-0.15, -0.1) is 0 Å². The third-order valence-corrected chi connectivity index (χ3v) is 6.86. The molecule has 1 saturated heterocycles. The number of amides is 2. The topological polar surface area (TPSA) is 109 Å². The summed E-state index contributed by atoms with van der Waals surface area (Å²) in [5.41, 5.74) is 3.03. The monoisotopic (exact) mass is 498 g/mol. The normalized spacial score (nSPS) is 17.5. The predicted molar refractivity (Wildman–Crippen MR) is 138 cm³/mol. The van der Waals surface area contributed by atoms with E-state index < -0.39 is 17.9 Å². The van der Waals surface area contributed by atoms with Crippen molar-refractivity contribution < 1.29 is 23.9 Å². The summed E-state index contributed by atoms with van der Waals surface area (Å²) in [5.74, 6) is -0.989. The summed E-state index contributed by atoms with van der Waals surface area (Å²) in [5, 5.41) is 8.86. The van der Waals surface area contributed by atoms with Crippen molar-refractivity contribution in [2.45, 2.75) is 46.0 Å². The van der Waals surface area contributed by atoms with Crippen molar-refractivity contribution >= 4 is 23.7 Å².